The third-order valence-corrected chi connectivity index (χ3v) is 6.89. The predicted molar refractivity (Wildman–Crippen MR) is 118 cm³/mol. The summed E-state index contributed by atoms with van der Waals surface area (Å²) in [5.41, 5.74) is 2.85. The van der Waals surface area contributed by atoms with E-state index in [0.717, 1.165) is 29.9 Å². The summed E-state index contributed by atoms with van der Waals surface area (Å²) in [6.07, 6.45) is 4.44. The van der Waals surface area contributed by atoms with Crippen LogP contribution < -0.4 is 10.9 Å². The molecule has 1 fully saturated rings. The largest absolute Gasteiger partial charge is 0.324 e. The molecule has 2 aliphatic rings. The number of urea groups is 1. The Kier molecular flexibility index (Phi) is 5.09. The first kappa shape index (κ1) is 19.9. The predicted octanol–water partition coefficient (Wildman–Crippen LogP) is 2.55. The number of hydrogen-bond donors (Lipinski definition) is 1. The third kappa shape index (κ3) is 3.99. The Labute approximate surface area is 183 Å². The molecular formula is C21H25N7O2S. The van der Waals surface area contributed by atoms with E-state index in [1.54, 1.807) is 27.0 Å². The van der Waals surface area contributed by atoms with Gasteiger partial charge in [0.1, 0.15) is 0 Å². The number of nitrogens with one attached hydrogen (secondary N) is 1. The summed E-state index contributed by atoms with van der Waals surface area (Å²) in [4.78, 5) is 32.5. The van der Waals surface area contributed by atoms with Crippen LogP contribution in [0.25, 0.3) is 5.82 Å². The van der Waals surface area contributed by atoms with Crippen LogP contribution in [0.5, 0.6) is 0 Å². The van der Waals surface area contributed by atoms with E-state index < -0.39 is 0 Å². The molecule has 0 unspecified atom stereocenters. The minimum absolute atomic E-state index is 0.126. The van der Waals surface area contributed by atoms with Crippen molar-refractivity contribution < 1.29 is 4.79 Å². The summed E-state index contributed by atoms with van der Waals surface area (Å²) < 4.78 is 3.21. The fourth-order valence-electron chi connectivity index (χ4n) is 4.21. The zero-order chi connectivity index (χ0) is 21.5. The standard InChI is InChI=1S/C21H25N7O2S/c1-13-9-14(2)28(24-13)18-7-8-19(29)27(25-18)12-15-10-26(11-15)21(30)23-20-22-16-5-3-4-6-17(16)31-20/h7-9,15H,3-6,10-12H2,1-2H3,(H,22,23,30). The van der Waals surface area contributed by atoms with Gasteiger partial charge >= 0.3 is 6.03 Å². The van der Waals surface area contributed by atoms with Crippen molar-refractivity contribution in [1.29, 1.82) is 0 Å². The van der Waals surface area contributed by atoms with Crippen molar-refractivity contribution in [3.63, 3.8) is 0 Å². The van der Waals surface area contributed by atoms with Gasteiger partial charge in [0.05, 0.1) is 17.9 Å². The van der Waals surface area contributed by atoms with E-state index in [4.69, 9.17) is 0 Å². The van der Waals surface area contributed by atoms with Crippen molar-refractivity contribution in [1.82, 2.24) is 29.4 Å². The maximum atomic E-state index is 12.5. The zero-order valence-electron chi connectivity index (χ0n) is 17.7. The Bertz CT molecular complexity index is 1170. The SMILES string of the molecule is Cc1cc(C)n(-c2ccc(=O)n(CC3CN(C(=O)Nc4nc5c(s4)CCCC5)C3)n2)n1. The number of hydrogen-bond acceptors (Lipinski definition) is 6. The summed E-state index contributed by atoms with van der Waals surface area (Å²) in [6, 6.07) is 5.05. The summed E-state index contributed by atoms with van der Waals surface area (Å²) in [6.45, 7) is 5.54. The van der Waals surface area contributed by atoms with E-state index >= 15 is 0 Å². The molecule has 1 N–H and O–H groups in total. The molecule has 3 aromatic heterocycles. The number of likely N-dealkylation sites (tertiary alicyclic amines) is 1. The average Bonchev–Trinajstić information content (AvgIpc) is 3.27. The maximum absolute atomic E-state index is 12.5. The lowest BCUT2D eigenvalue weighted by Gasteiger charge is -2.38. The van der Waals surface area contributed by atoms with Crippen LogP contribution in [0, 0.1) is 19.8 Å². The number of rotatable bonds is 4. The molecule has 162 valence electrons. The van der Waals surface area contributed by atoms with Gasteiger partial charge in [-0.1, -0.05) is 0 Å². The molecule has 0 radical (unpaired) electrons. The van der Waals surface area contributed by atoms with E-state index in [1.165, 1.54) is 28.5 Å². The quantitative estimate of drug-likeness (QED) is 0.674. The first-order chi connectivity index (χ1) is 15.0. The van der Waals surface area contributed by atoms with Gasteiger partial charge in [0.2, 0.25) is 0 Å². The van der Waals surface area contributed by atoms with Gasteiger partial charge in [-0.25, -0.2) is 19.1 Å². The molecule has 0 bridgehead atoms. The van der Waals surface area contributed by atoms with Crippen molar-refractivity contribution in [3.8, 4) is 5.82 Å². The number of aryl methyl sites for hydroxylation is 4. The Morgan fingerprint density at radius 1 is 1.19 bits per heavy atom. The molecule has 5 rings (SSSR count). The summed E-state index contributed by atoms with van der Waals surface area (Å²) in [5.74, 6) is 0.808. The Balaban J connectivity index is 1.20. The van der Waals surface area contributed by atoms with Crippen LogP contribution in [-0.4, -0.2) is 48.6 Å². The normalized spacial score (nSPS) is 16.1. The molecule has 31 heavy (non-hydrogen) atoms. The fraction of sp³-hybridized carbons (Fsp3) is 0.476. The topological polar surface area (TPSA) is 97.9 Å². The maximum Gasteiger partial charge on any atom is 0.323 e. The first-order valence-corrected chi connectivity index (χ1v) is 11.4. The lowest BCUT2D eigenvalue weighted by Crippen LogP contribution is -2.53. The summed E-state index contributed by atoms with van der Waals surface area (Å²) >= 11 is 1.59. The number of carbonyl (C=O) groups excluding carboxylic acids is 1. The van der Waals surface area contributed by atoms with Crippen LogP contribution in [-0.2, 0) is 19.4 Å². The van der Waals surface area contributed by atoms with Crippen molar-refractivity contribution in [2.45, 2.75) is 46.1 Å². The first-order valence-electron chi connectivity index (χ1n) is 10.6. The Morgan fingerprint density at radius 3 is 2.74 bits per heavy atom. The molecule has 0 aromatic carbocycles. The van der Waals surface area contributed by atoms with Crippen molar-refractivity contribution >= 4 is 22.5 Å². The van der Waals surface area contributed by atoms with Crippen LogP contribution in [0.3, 0.4) is 0 Å². The van der Waals surface area contributed by atoms with Crippen LogP contribution in [0.15, 0.2) is 23.0 Å². The number of carbonyl (C=O) groups is 1. The number of anilines is 1. The molecule has 0 spiro atoms. The van der Waals surface area contributed by atoms with Gasteiger partial charge in [-0.2, -0.15) is 5.10 Å². The molecular weight excluding hydrogens is 414 g/mol. The molecule has 1 saturated heterocycles. The molecule has 4 heterocycles. The van der Waals surface area contributed by atoms with Crippen molar-refractivity contribution in [2.75, 3.05) is 18.4 Å². The second-order valence-electron chi connectivity index (χ2n) is 8.35. The highest BCUT2D eigenvalue weighted by Crippen LogP contribution is 2.30. The highest BCUT2D eigenvalue weighted by atomic mass is 32.1. The molecule has 10 heteroatoms. The molecule has 2 amide bonds. The number of aromatic nitrogens is 5. The molecule has 3 aromatic rings. The molecule has 1 aliphatic heterocycles. The fourth-order valence-corrected chi connectivity index (χ4v) is 5.25. The smallest absolute Gasteiger partial charge is 0.323 e. The van der Waals surface area contributed by atoms with E-state index in [9.17, 15) is 9.59 Å². The van der Waals surface area contributed by atoms with Crippen LogP contribution in [0.1, 0.15) is 34.8 Å². The highest BCUT2D eigenvalue weighted by Gasteiger charge is 2.32. The van der Waals surface area contributed by atoms with Gasteiger partial charge < -0.3 is 4.90 Å². The summed E-state index contributed by atoms with van der Waals surface area (Å²) in [5, 5.41) is 12.6. The number of amides is 2. The molecule has 1 aliphatic carbocycles. The van der Waals surface area contributed by atoms with Gasteiger partial charge in [0.15, 0.2) is 10.9 Å². The molecule has 0 saturated carbocycles. The van der Waals surface area contributed by atoms with E-state index in [1.807, 2.05) is 19.9 Å². The van der Waals surface area contributed by atoms with Crippen molar-refractivity contribution in [2.24, 2.45) is 5.92 Å². The third-order valence-electron chi connectivity index (χ3n) is 5.81. The lowest BCUT2D eigenvalue weighted by molar-refractivity contribution is 0.116. The van der Waals surface area contributed by atoms with E-state index in [-0.39, 0.29) is 17.5 Å². The van der Waals surface area contributed by atoms with Gasteiger partial charge in [0.25, 0.3) is 5.56 Å². The van der Waals surface area contributed by atoms with Gasteiger partial charge in [-0.05, 0) is 51.7 Å². The molecule has 0 atom stereocenters. The Hall–Kier alpha value is -3.01. The average molecular weight is 440 g/mol. The highest BCUT2D eigenvalue weighted by molar-refractivity contribution is 7.15. The monoisotopic (exact) mass is 439 g/mol. The molecule has 9 nitrogen and oxygen atoms in total. The van der Waals surface area contributed by atoms with Gasteiger partial charge in [0, 0.05) is 35.6 Å². The van der Waals surface area contributed by atoms with Crippen LogP contribution >= 0.6 is 11.3 Å². The second kappa shape index (κ2) is 7.92. The number of thiazole rings is 1. The van der Waals surface area contributed by atoms with Gasteiger partial charge in [-0.3, -0.25) is 10.1 Å². The van der Waals surface area contributed by atoms with E-state index in [2.05, 4.69) is 20.5 Å². The van der Waals surface area contributed by atoms with Crippen LogP contribution in [0.2, 0.25) is 0 Å². The van der Waals surface area contributed by atoms with Crippen LogP contribution in [0.4, 0.5) is 9.93 Å². The Morgan fingerprint density at radius 2 is 2.00 bits per heavy atom. The number of fused-ring (bicyclic) bond motifs is 1. The summed E-state index contributed by atoms with van der Waals surface area (Å²) in [7, 11) is 0. The van der Waals surface area contributed by atoms with E-state index in [0.29, 0.717) is 30.6 Å². The number of nitrogens with zero attached hydrogens (tertiary/aromatic N) is 6. The van der Waals surface area contributed by atoms with Crippen molar-refractivity contribution in [3.05, 3.63) is 50.5 Å². The minimum Gasteiger partial charge on any atom is -0.324 e. The lowest BCUT2D eigenvalue weighted by atomic mass is 10.0. The van der Waals surface area contributed by atoms with Gasteiger partial charge in [-0.15, -0.1) is 16.4 Å². The second-order valence-corrected chi connectivity index (χ2v) is 9.43. The minimum atomic E-state index is -0.151. The zero-order valence-corrected chi connectivity index (χ0v) is 18.5.